The van der Waals surface area contributed by atoms with Gasteiger partial charge in [0.05, 0.1) is 5.57 Å². The summed E-state index contributed by atoms with van der Waals surface area (Å²) in [6, 6.07) is 0. The Morgan fingerprint density at radius 1 is 1.53 bits per heavy atom. The normalized spacial score (nSPS) is 12.3. The molecule has 0 radical (unpaired) electrons. The maximum atomic E-state index is 10.8. The van der Waals surface area contributed by atoms with Crippen LogP contribution in [0.1, 0.15) is 33.6 Å². The lowest BCUT2D eigenvalue weighted by molar-refractivity contribution is -0.132. The van der Waals surface area contributed by atoms with Gasteiger partial charge in [-0.15, -0.1) is 0 Å². The molecule has 0 aromatic rings. The van der Waals surface area contributed by atoms with Gasteiger partial charge in [-0.05, 0) is 19.3 Å². The zero-order valence-corrected chi connectivity index (χ0v) is 9.75. The van der Waals surface area contributed by atoms with Crippen molar-refractivity contribution in [3.05, 3.63) is 24.0 Å². The molecule has 0 aromatic heterocycles. The highest BCUT2D eigenvalue weighted by atomic mass is 16.5. The van der Waals surface area contributed by atoms with Gasteiger partial charge in [-0.25, -0.2) is 4.79 Å². The first-order valence-electron chi connectivity index (χ1n) is 5.15. The van der Waals surface area contributed by atoms with Crippen molar-refractivity contribution in [2.45, 2.75) is 33.6 Å². The van der Waals surface area contributed by atoms with Gasteiger partial charge in [0.1, 0.15) is 12.4 Å². The number of aliphatic carboxylic acids is 1. The van der Waals surface area contributed by atoms with Crippen molar-refractivity contribution in [2.24, 2.45) is 5.92 Å². The Balaban J connectivity index is 4.49. The van der Waals surface area contributed by atoms with Crippen molar-refractivity contribution in [3.63, 3.8) is 0 Å². The van der Waals surface area contributed by atoms with Crippen molar-refractivity contribution in [1.82, 2.24) is 0 Å². The summed E-state index contributed by atoms with van der Waals surface area (Å²) in [5, 5.41) is 8.85. The van der Waals surface area contributed by atoms with Gasteiger partial charge in [-0.3, -0.25) is 0 Å². The van der Waals surface area contributed by atoms with Gasteiger partial charge in [0, 0.05) is 6.42 Å². The molecular weight excluding hydrogens is 192 g/mol. The molecule has 0 atom stereocenters. The van der Waals surface area contributed by atoms with Gasteiger partial charge in [-0.2, -0.15) is 0 Å². The Hall–Kier alpha value is -1.25. The zero-order valence-electron chi connectivity index (χ0n) is 9.75. The first-order chi connectivity index (χ1) is 6.99. The molecular formula is C12H20O3. The van der Waals surface area contributed by atoms with Crippen LogP contribution in [0.5, 0.6) is 0 Å². The van der Waals surface area contributed by atoms with E-state index >= 15 is 0 Å². The van der Waals surface area contributed by atoms with Gasteiger partial charge in [0.15, 0.2) is 0 Å². The highest BCUT2D eigenvalue weighted by Gasteiger charge is 2.11. The van der Waals surface area contributed by atoms with Crippen molar-refractivity contribution in [2.75, 3.05) is 6.61 Å². The number of allylic oxidation sites excluding steroid dienone is 1. The van der Waals surface area contributed by atoms with Crippen LogP contribution in [0.3, 0.4) is 0 Å². The molecule has 0 saturated heterocycles. The topological polar surface area (TPSA) is 46.5 Å². The summed E-state index contributed by atoms with van der Waals surface area (Å²) in [7, 11) is 0. The summed E-state index contributed by atoms with van der Waals surface area (Å²) in [5.74, 6) is 0.183. The first-order valence-corrected chi connectivity index (χ1v) is 5.15. The summed E-state index contributed by atoms with van der Waals surface area (Å²) in [6.07, 6.45) is 3.21. The highest BCUT2D eigenvalue weighted by molar-refractivity contribution is 5.86. The first kappa shape index (κ1) is 13.8. The van der Waals surface area contributed by atoms with Crippen molar-refractivity contribution < 1.29 is 14.6 Å². The minimum atomic E-state index is -0.919. The average Bonchev–Trinajstić information content (AvgIpc) is 2.16. The molecule has 0 spiro atoms. The number of rotatable bonds is 7. The van der Waals surface area contributed by atoms with Crippen LogP contribution in [0.4, 0.5) is 0 Å². The molecule has 0 aromatic carbocycles. The van der Waals surface area contributed by atoms with Gasteiger partial charge >= 0.3 is 5.97 Å². The molecule has 3 nitrogen and oxygen atoms in total. The molecule has 0 bridgehead atoms. The Morgan fingerprint density at radius 3 is 2.53 bits per heavy atom. The third-order valence-electron chi connectivity index (χ3n) is 2.06. The summed E-state index contributed by atoms with van der Waals surface area (Å²) >= 11 is 0. The quantitative estimate of drug-likeness (QED) is 0.401. The number of ether oxygens (including phenoxy) is 1. The standard InChI is InChI=1S/C12H20O3/c1-5-8-15-11(7-6-9(2)3)10(4)12(13)14/h5,9H,1,6-8H2,2-4H3,(H,13,14)/b11-10+. The van der Waals surface area contributed by atoms with Crippen LogP contribution in [0, 0.1) is 5.92 Å². The highest BCUT2D eigenvalue weighted by Crippen LogP contribution is 2.16. The SMILES string of the molecule is C=CCO/C(CCC(C)C)=C(\C)C(=O)O. The second-order valence-corrected chi connectivity index (χ2v) is 3.89. The minimum absolute atomic E-state index is 0.289. The third-order valence-corrected chi connectivity index (χ3v) is 2.06. The molecule has 86 valence electrons. The lowest BCUT2D eigenvalue weighted by Gasteiger charge is -2.12. The molecule has 0 aliphatic heterocycles. The maximum absolute atomic E-state index is 10.8. The van der Waals surface area contributed by atoms with Crippen molar-refractivity contribution in [1.29, 1.82) is 0 Å². The number of hydrogen-bond acceptors (Lipinski definition) is 2. The van der Waals surface area contributed by atoms with E-state index in [9.17, 15) is 4.79 Å². The Labute approximate surface area is 91.4 Å². The summed E-state index contributed by atoms with van der Waals surface area (Å²) in [5.41, 5.74) is 0.289. The molecule has 15 heavy (non-hydrogen) atoms. The summed E-state index contributed by atoms with van der Waals surface area (Å²) < 4.78 is 5.35. The molecule has 0 aliphatic rings. The molecule has 0 saturated carbocycles. The van der Waals surface area contributed by atoms with Crippen LogP contribution >= 0.6 is 0 Å². The molecule has 0 rings (SSSR count). The lowest BCUT2D eigenvalue weighted by Crippen LogP contribution is -2.05. The molecule has 0 amide bonds. The zero-order chi connectivity index (χ0) is 11.8. The monoisotopic (exact) mass is 212 g/mol. The number of carboxylic acid groups (broad SMARTS) is 1. The van der Waals surface area contributed by atoms with Crippen LogP contribution in [0.15, 0.2) is 24.0 Å². The Morgan fingerprint density at radius 2 is 2.13 bits per heavy atom. The van der Waals surface area contributed by atoms with Gasteiger partial charge in [0.25, 0.3) is 0 Å². The van der Waals surface area contributed by atoms with Crippen molar-refractivity contribution in [3.8, 4) is 0 Å². The fourth-order valence-corrected chi connectivity index (χ4v) is 1.07. The molecule has 0 fully saturated rings. The Kier molecular flexibility index (Phi) is 6.50. The third kappa shape index (κ3) is 5.94. The number of carbonyl (C=O) groups is 1. The molecule has 0 unspecified atom stereocenters. The predicted octanol–water partition coefficient (Wildman–Crippen LogP) is 2.98. The lowest BCUT2D eigenvalue weighted by atomic mass is 10.1. The van der Waals surface area contributed by atoms with Crippen LogP contribution < -0.4 is 0 Å². The van der Waals surface area contributed by atoms with E-state index in [1.807, 2.05) is 0 Å². The van der Waals surface area contributed by atoms with E-state index in [4.69, 9.17) is 9.84 Å². The number of hydrogen-bond donors (Lipinski definition) is 1. The largest absolute Gasteiger partial charge is 0.493 e. The van der Waals surface area contributed by atoms with Gasteiger partial charge in [-0.1, -0.05) is 26.5 Å². The van der Waals surface area contributed by atoms with Crippen LogP contribution in [-0.4, -0.2) is 17.7 Å². The summed E-state index contributed by atoms with van der Waals surface area (Å²) in [6.45, 7) is 9.66. The van der Waals surface area contributed by atoms with E-state index in [0.717, 1.165) is 6.42 Å². The van der Waals surface area contributed by atoms with E-state index in [1.165, 1.54) is 0 Å². The molecule has 1 N–H and O–H groups in total. The van der Waals surface area contributed by atoms with E-state index in [-0.39, 0.29) is 5.57 Å². The van der Waals surface area contributed by atoms with Gasteiger partial charge in [0.2, 0.25) is 0 Å². The second-order valence-electron chi connectivity index (χ2n) is 3.89. The van der Waals surface area contributed by atoms with E-state index in [2.05, 4.69) is 20.4 Å². The fraction of sp³-hybridized carbons (Fsp3) is 0.583. The van der Waals surface area contributed by atoms with E-state index < -0.39 is 5.97 Å². The maximum Gasteiger partial charge on any atom is 0.334 e. The predicted molar refractivity (Wildman–Crippen MR) is 60.6 cm³/mol. The van der Waals surface area contributed by atoms with Crippen LogP contribution in [0.25, 0.3) is 0 Å². The number of carboxylic acids is 1. The molecule has 3 heteroatoms. The molecule has 0 heterocycles. The van der Waals surface area contributed by atoms with Gasteiger partial charge < -0.3 is 9.84 Å². The van der Waals surface area contributed by atoms with E-state index in [0.29, 0.717) is 24.7 Å². The Bertz CT molecular complexity index is 252. The van der Waals surface area contributed by atoms with E-state index in [1.54, 1.807) is 13.0 Å². The van der Waals surface area contributed by atoms with Crippen LogP contribution in [0.2, 0.25) is 0 Å². The average molecular weight is 212 g/mol. The van der Waals surface area contributed by atoms with Crippen LogP contribution in [-0.2, 0) is 9.53 Å². The summed E-state index contributed by atoms with van der Waals surface area (Å²) in [4.78, 5) is 10.8. The fourth-order valence-electron chi connectivity index (χ4n) is 1.07. The smallest absolute Gasteiger partial charge is 0.334 e. The minimum Gasteiger partial charge on any atom is -0.493 e. The molecule has 0 aliphatic carbocycles. The van der Waals surface area contributed by atoms with Crippen molar-refractivity contribution >= 4 is 5.97 Å². The second kappa shape index (κ2) is 7.10.